The molecule has 0 saturated heterocycles. The van der Waals surface area contributed by atoms with Crippen molar-refractivity contribution < 1.29 is 9.84 Å². The number of hydrogen-bond donors (Lipinski definition) is 2. The van der Waals surface area contributed by atoms with Crippen molar-refractivity contribution in [2.75, 3.05) is 12.4 Å². The van der Waals surface area contributed by atoms with E-state index in [1.165, 1.54) is 7.11 Å². The van der Waals surface area contributed by atoms with Crippen molar-refractivity contribution in [2.45, 2.75) is 6.54 Å². The van der Waals surface area contributed by atoms with Gasteiger partial charge in [-0.2, -0.15) is 5.26 Å². The normalized spacial score (nSPS) is 9.85. The molecule has 0 radical (unpaired) electrons. The summed E-state index contributed by atoms with van der Waals surface area (Å²) in [5, 5.41) is 22.0. The third-order valence-corrected chi connectivity index (χ3v) is 3.53. The summed E-state index contributed by atoms with van der Waals surface area (Å²) < 4.78 is 5.87. The van der Waals surface area contributed by atoms with Gasteiger partial charge in [0.15, 0.2) is 11.5 Å². The van der Waals surface area contributed by atoms with Crippen LogP contribution in [0, 0.1) is 11.3 Å². The van der Waals surface area contributed by atoms with E-state index in [1.54, 1.807) is 18.2 Å². The van der Waals surface area contributed by atoms with E-state index in [9.17, 15) is 5.11 Å². The largest absolute Gasteiger partial charge is 0.504 e. The molecule has 2 rings (SSSR count). The second kappa shape index (κ2) is 6.31. The number of phenols is 1. The van der Waals surface area contributed by atoms with Crippen LogP contribution < -0.4 is 10.1 Å². The fourth-order valence-corrected chi connectivity index (χ4v) is 2.31. The van der Waals surface area contributed by atoms with Gasteiger partial charge in [0.25, 0.3) is 0 Å². The quantitative estimate of drug-likeness (QED) is 0.896. The van der Waals surface area contributed by atoms with Crippen LogP contribution in [0.2, 0.25) is 0 Å². The standard InChI is InChI=1S/C15H13BrN2O2/c1-20-14-4-2-3-11(15(14)19)9-18-13-6-5-10(8-17)7-12(13)16/h2-7,18-19H,9H2,1H3. The summed E-state index contributed by atoms with van der Waals surface area (Å²) in [6.07, 6.45) is 0. The lowest BCUT2D eigenvalue weighted by molar-refractivity contribution is 0.371. The number of anilines is 1. The van der Waals surface area contributed by atoms with Gasteiger partial charge >= 0.3 is 0 Å². The van der Waals surface area contributed by atoms with Crippen LogP contribution in [0.4, 0.5) is 5.69 Å². The van der Waals surface area contributed by atoms with Gasteiger partial charge in [-0.05, 0) is 40.2 Å². The first-order chi connectivity index (χ1) is 9.65. The van der Waals surface area contributed by atoms with Crippen LogP contribution in [0.1, 0.15) is 11.1 Å². The average molecular weight is 333 g/mol. The van der Waals surface area contributed by atoms with Crippen molar-refractivity contribution in [3.05, 3.63) is 52.0 Å². The number of ether oxygens (including phenoxy) is 1. The number of nitrogens with one attached hydrogen (secondary N) is 1. The molecular formula is C15H13BrN2O2. The maximum Gasteiger partial charge on any atom is 0.162 e. The fraction of sp³-hybridized carbons (Fsp3) is 0.133. The Morgan fingerprint density at radius 2 is 2.15 bits per heavy atom. The zero-order valence-corrected chi connectivity index (χ0v) is 12.4. The molecule has 4 nitrogen and oxygen atoms in total. The van der Waals surface area contributed by atoms with Crippen LogP contribution >= 0.6 is 15.9 Å². The first kappa shape index (κ1) is 14.2. The van der Waals surface area contributed by atoms with Gasteiger partial charge in [0.05, 0.1) is 18.7 Å². The molecule has 0 aliphatic carbocycles. The van der Waals surface area contributed by atoms with Gasteiger partial charge < -0.3 is 15.2 Å². The number of rotatable bonds is 4. The summed E-state index contributed by atoms with van der Waals surface area (Å²) in [5.74, 6) is 0.579. The van der Waals surface area contributed by atoms with E-state index >= 15 is 0 Å². The van der Waals surface area contributed by atoms with Crippen LogP contribution in [0.15, 0.2) is 40.9 Å². The lowest BCUT2D eigenvalue weighted by atomic mass is 10.1. The van der Waals surface area contributed by atoms with Gasteiger partial charge in [0, 0.05) is 22.3 Å². The number of nitriles is 1. The van der Waals surface area contributed by atoms with E-state index in [2.05, 4.69) is 27.3 Å². The van der Waals surface area contributed by atoms with Gasteiger partial charge in [-0.1, -0.05) is 12.1 Å². The summed E-state index contributed by atoms with van der Waals surface area (Å²) in [5.41, 5.74) is 2.18. The minimum atomic E-state index is 0.132. The van der Waals surface area contributed by atoms with E-state index in [0.717, 1.165) is 15.7 Å². The van der Waals surface area contributed by atoms with Crippen LogP contribution in [0.3, 0.4) is 0 Å². The minimum absolute atomic E-state index is 0.132. The summed E-state index contributed by atoms with van der Waals surface area (Å²) in [4.78, 5) is 0. The zero-order chi connectivity index (χ0) is 14.5. The van der Waals surface area contributed by atoms with E-state index in [0.29, 0.717) is 17.9 Å². The summed E-state index contributed by atoms with van der Waals surface area (Å²) in [6, 6.07) is 12.7. The molecule has 2 aromatic carbocycles. The number of benzene rings is 2. The molecule has 20 heavy (non-hydrogen) atoms. The maximum absolute atomic E-state index is 10.00. The van der Waals surface area contributed by atoms with E-state index < -0.39 is 0 Å². The molecule has 0 amide bonds. The molecule has 0 atom stereocenters. The number of aromatic hydroxyl groups is 1. The molecule has 0 saturated carbocycles. The molecule has 2 N–H and O–H groups in total. The highest BCUT2D eigenvalue weighted by molar-refractivity contribution is 9.10. The molecule has 0 heterocycles. The Morgan fingerprint density at radius 3 is 2.80 bits per heavy atom. The predicted molar refractivity (Wildman–Crippen MR) is 80.8 cm³/mol. The first-order valence-corrected chi connectivity index (χ1v) is 6.73. The van der Waals surface area contributed by atoms with E-state index in [-0.39, 0.29) is 5.75 Å². The zero-order valence-electron chi connectivity index (χ0n) is 10.9. The smallest absolute Gasteiger partial charge is 0.162 e. The van der Waals surface area contributed by atoms with Crippen LogP contribution in [0.25, 0.3) is 0 Å². The number of para-hydroxylation sites is 1. The molecule has 2 aromatic rings. The highest BCUT2D eigenvalue weighted by Gasteiger charge is 2.08. The van der Waals surface area contributed by atoms with E-state index in [1.807, 2.05) is 18.2 Å². The molecule has 0 unspecified atom stereocenters. The van der Waals surface area contributed by atoms with Crippen LogP contribution in [0.5, 0.6) is 11.5 Å². The average Bonchev–Trinajstić information content (AvgIpc) is 2.47. The molecule has 0 spiro atoms. The number of methoxy groups -OCH3 is 1. The van der Waals surface area contributed by atoms with Crippen molar-refractivity contribution in [3.63, 3.8) is 0 Å². The molecule has 102 valence electrons. The van der Waals surface area contributed by atoms with Gasteiger partial charge in [0.2, 0.25) is 0 Å². The van der Waals surface area contributed by atoms with Crippen molar-refractivity contribution in [3.8, 4) is 17.6 Å². The third kappa shape index (κ3) is 3.03. The van der Waals surface area contributed by atoms with Crippen molar-refractivity contribution in [1.29, 1.82) is 5.26 Å². The Labute approximate surface area is 125 Å². The van der Waals surface area contributed by atoms with Gasteiger partial charge in [0.1, 0.15) is 0 Å². The number of halogens is 1. The number of phenolic OH excluding ortho intramolecular Hbond substituents is 1. The predicted octanol–water partition coefficient (Wildman–Crippen LogP) is 3.65. The molecule has 0 fully saturated rings. The lowest BCUT2D eigenvalue weighted by Crippen LogP contribution is -2.01. The summed E-state index contributed by atoms with van der Waals surface area (Å²) >= 11 is 3.41. The van der Waals surface area contributed by atoms with E-state index in [4.69, 9.17) is 10.00 Å². The molecular weight excluding hydrogens is 320 g/mol. The monoisotopic (exact) mass is 332 g/mol. The highest BCUT2D eigenvalue weighted by atomic mass is 79.9. The Hall–Kier alpha value is -2.19. The minimum Gasteiger partial charge on any atom is -0.504 e. The Kier molecular flexibility index (Phi) is 4.49. The third-order valence-electron chi connectivity index (χ3n) is 2.87. The summed E-state index contributed by atoms with van der Waals surface area (Å²) in [7, 11) is 1.52. The topological polar surface area (TPSA) is 65.3 Å². The molecule has 5 heteroatoms. The Morgan fingerprint density at radius 1 is 1.35 bits per heavy atom. The second-order valence-electron chi connectivity index (χ2n) is 4.13. The van der Waals surface area contributed by atoms with Gasteiger partial charge in [-0.15, -0.1) is 0 Å². The van der Waals surface area contributed by atoms with Crippen molar-refractivity contribution in [1.82, 2.24) is 0 Å². The Bertz CT molecular complexity index is 665. The van der Waals surface area contributed by atoms with Crippen LogP contribution in [-0.2, 0) is 6.54 Å². The molecule has 0 aliphatic rings. The number of nitrogens with zero attached hydrogens (tertiary/aromatic N) is 1. The molecule has 0 bridgehead atoms. The number of hydrogen-bond acceptors (Lipinski definition) is 4. The second-order valence-corrected chi connectivity index (χ2v) is 4.98. The fourth-order valence-electron chi connectivity index (χ4n) is 1.79. The lowest BCUT2D eigenvalue weighted by Gasteiger charge is -2.12. The highest BCUT2D eigenvalue weighted by Crippen LogP contribution is 2.30. The first-order valence-electron chi connectivity index (χ1n) is 5.94. The molecule has 0 aliphatic heterocycles. The summed E-state index contributed by atoms with van der Waals surface area (Å²) in [6.45, 7) is 0.452. The van der Waals surface area contributed by atoms with Gasteiger partial charge in [-0.3, -0.25) is 0 Å². The maximum atomic E-state index is 10.00. The Balaban J connectivity index is 2.15. The van der Waals surface area contributed by atoms with Crippen molar-refractivity contribution in [2.24, 2.45) is 0 Å². The van der Waals surface area contributed by atoms with Crippen LogP contribution in [-0.4, -0.2) is 12.2 Å². The molecule has 0 aromatic heterocycles. The van der Waals surface area contributed by atoms with Gasteiger partial charge in [-0.25, -0.2) is 0 Å². The SMILES string of the molecule is COc1cccc(CNc2ccc(C#N)cc2Br)c1O. The van der Waals surface area contributed by atoms with Crippen molar-refractivity contribution >= 4 is 21.6 Å².